The minimum absolute atomic E-state index is 0.0798. The molecule has 0 unspecified atom stereocenters. The molecule has 0 fully saturated rings. The minimum Gasteiger partial charge on any atom is -0.497 e. The summed E-state index contributed by atoms with van der Waals surface area (Å²) in [5, 5.41) is 0.697. The predicted octanol–water partition coefficient (Wildman–Crippen LogP) is 2.68. The average Bonchev–Trinajstić information content (AvgIpc) is 2.47. The van der Waals surface area contributed by atoms with Crippen molar-refractivity contribution < 1.29 is 4.74 Å². The molecule has 1 heterocycles. The first-order chi connectivity index (χ1) is 9.71. The largest absolute Gasteiger partial charge is 0.497 e. The van der Waals surface area contributed by atoms with Crippen LogP contribution in [-0.2, 0) is 12.8 Å². The fourth-order valence-corrected chi connectivity index (χ4v) is 2.68. The second-order valence-electron chi connectivity index (χ2n) is 4.34. The molecule has 0 spiro atoms. The highest BCUT2D eigenvalue weighted by molar-refractivity contribution is 7.99. The number of aromatic amines is 1. The van der Waals surface area contributed by atoms with Crippen LogP contribution in [0.1, 0.15) is 18.2 Å². The molecule has 20 heavy (non-hydrogen) atoms. The molecule has 0 bridgehead atoms. The molecule has 5 heteroatoms. The van der Waals surface area contributed by atoms with Gasteiger partial charge in [0.1, 0.15) is 5.75 Å². The zero-order chi connectivity index (χ0) is 14.4. The van der Waals surface area contributed by atoms with Gasteiger partial charge in [0.15, 0.2) is 5.16 Å². The van der Waals surface area contributed by atoms with E-state index in [0.29, 0.717) is 5.16 Å². The highest BCUT2D eigenvalue weighted by Crippen LogP contribution is 2.16. The van der Waals surface area contributed by atoms with E-state index in [2.05, 4.69) is 22.1 Å². The Morgan fingerprint density at radius 2 is 2.05 bits per heavy atom. The Labute approximate surface area is 122 Å². The van der Waals surface area contributed by atoms with E-state index in [1.165, 1.54) is 5.56 Å². The molecule has 0 saturated heterocycles. The van der Waals surface area contributed by atoms with Gasteiger partial charge in [0, 0.05) is 17.5 Å². The molecule has 1 N–H and O–H groups in total. The van der Waals surface area contributed by atoms with Crippen LogP contribution in [0.4, 0.5) is 0 Å². The SMILES string of the molecule is CCc1cc(=O)[nH]c(SCCc2ccc(OC)cc2)n1. The predicted molar refractivity (Wildman–Crippen MR) is 81.7 cm³/mol. The topological polar surface area (TPSA) is 55.0 Å². The van der Waals surface area contributed by atoms with Crippen LogP contribution in [0.5, 0.6) is 5.75 Å². The van der Waals surface area contributed by atoms with Gasteiger partial charge in [-0.05, 0) is 30.5 Å². The monoisotopic (exact) mass is 290 g/mol. The van der Waals surface area contributed by atoms with Gasteiger partial charge >= 0.3 is 0 Å². The molecule has 4 nitrogen and oxygen atoms in total. The van der Waals surface area contributed by atoms with Crippen LogP contribution in [0.3, 0.4) is 0 Å². The lowest BCUT2D eigenvalue weighted by Gasteiger charge is -2.04. The van der Waals surface area contributed by atoms with Crippen LogP contribution < -0.4 is 10.3 Å². The van der Waals surface area contributed by atoms with Gasteiger partial charge in [0.25, 0.3) is 5.56 Å². The van der Waals surface area contributed by atoms with E-state index < -0.39 is 0 Å². The number of aromatic nitrogens is 2. The molecule has 0 aliphatic carbocycles. The van der Waals surface area contributed by atoms with Gasteiger partial charge in [-0.1, -0.05) is 30.8 Å². The summed E-state index contributed by atoms with van der Waals surface area (Å²) in [6.45, 7) is 1.99. The number of thioether (sulfide) groups is 1. The van der Waals surface area contributed by atoms with Gasteiger partial charge in [-0.25, -0.2) is 4.98 Å². The standard InChI is InChI=1S/C15H18N2O2S/c1-3-12-10-14(18)17-15(16-12)20-9-8-11-4-6-13(19-2)7-5-11/h4-7,10H,3,8-9H2,1-2H3,(H,16,17,18). The second kappa shape index (κ2) is 7.14. The van der Waals surface area contributed by atoms with Crippen molar-refractivity contribution in [3.8, 4) is 5.75 Å². The van der Waals surface area contributed by atoms with Crippen molar-refractivity contribution in [2.45, 2.75) is 24.9 Å². The van der Waals surface area contributed by atoms with Gasteiger partial charge < -0.3 is 9.72 Å². The van der Waals surface area contributed by atoms with Crippen LogP contribution >= 0.6 is 11.8 Å². The maximum atomic E-state index is 11.5. The van der Waals surface area contributed by atoms with E-state index >= 15 is 0 Å². The number of benzene rings is 1. The summed E-state index contributed by atoms with van der Waals surface area (Å²) in [5.74, 6) is 1.74. The Balaban J connectivity index is 1.92. The number of nitrogens with one attached hydrogen (secondary N) is 1. The first-order valence-electron chi connectivity index (χ1n) is 6.57. The molecule has 0 saturated carbocycles. The fourth-order valence-electron chi connectivity index (χ4n) is 1.79. The molecular weight excluding hydrogens is 272 g/mol. The summed E-state index contributed by atoms with van der Waals surface area (Å²) in [5.41, 5.74) is 2.00. The van der Waals surface area contributed by atoms with Crippen molar-refractivity contribution in [2.24, 2.45) is 0 Å². The number of H-pyrrole nitrogens is 1. The van der Waals surface area contributed by atoms with E-state index in [1.807, 2.05) is 19.1 Å². The van der Waals surface area contributed by atoms with Gasteiger partial charge in [0.05, 0.1) is 7.11 Å². The number of hydrogen-bond acceptors (Lipinski definition) is 4. The lowest BCUT2D eigenvalue weighted by molar-refractivity contribution is 0.414. The van der Waals surface area contributed by atoms with E-state index in [-0.39, 0.29) is 5.56 Å². The molecule has 0 aliphatic heterocycles. The quantitative estimate of drug-likeness (QED) is 0.656. The average molecular weight is 290 g/mol. The van der Waals surface area contributed by atoms with Crippen LogP contribution in [0.15, 0.2) is 40.3 Å². The first-order valence-corrected chi connectivity index (χ1v) is 7.56. The number of methoxy groups -OCH3 is 1. The van der Waals surface area contributed by atoms with Gasteiger partial charge in [-0.2, -0.15) is 0 Å². The highest BCUT2D eigenvalue weighted by atomic mass is 32.2. The summed E-state index contributed by atoms with van der Waals surface area (Å²) in [4.78, 5) is 18.6. The molecule has 0 atom stereocenters. The van der Waals surface area contributed by atoms with E-state index in [9.17, 15) is 4.79 Å². The van der Waals surface area contributed by atoms with Crippen LogP contribution in [0.25, 0.3) is 0 Å². The maximum Gasteiger partial charge on any atom is 0.251 e. The van der Waals surface area contributed by atoms with Crippen molar-refractivity contribution in [3.63, 3.8) is 0 Å². The molecule has 1 aromatic heterocycles. The number of hydrogen-bond donors (Lipinski definition) is 1. The second-order valence-corrected chi connectivity index (χ2v) is 5.43. The summed E-state index contributed by atoms with van der Waals surface area (Å²) < 4.78 is 5.13. The van der Waals surface area contributed by atoms with E-state index in [4.69, 9.17) is 4.74 Å². The van der Waals surface area contributed by atoms with Crippen LogP contribution in [0, 0.1) is 0 Å². The van der Waals surface area contributed by atoms with Gasteiger partial charge in [-0.15, -0.1) is 0 Å². The molecule has 106 valence electrons. The summed E-state index contributed by atoms with van der Waals surface area (Å²) >= 11 is 1.57. The maximum absolute atomic E-state index is 11.5. The normalized spacial score (nSPS) is 10.5. The first kappa shape index (κ1) is 14.7. The summed E-state index contributed by atoms with van der Waals surface area (Å²) in [6.07, 6.45) is 1.70. The Morgan fingerprint density at radius 1 is 1.30 bits per heavy atom. The van der Waals surface area contributed by atoms with E-state index in [0.717, 1.165) is 30.0 Å². The Kier molecular flexibility index (Phi) is 5.24. The Morgan fingerprint density at radius 3 is 2.70 bits per heavy atom. The Hall–Kier alpha value is -1.75. The lowest BCUT2D eigenvalue weighted by atomic mass is 10.2. The molecule has 2 rings (SSSR count). The summed E-state index contributed by atoms with van der Waals surface area (Å²) in [6, 6.07) is 9.57. The van der Waals surface area contributed by atoms with Crippen molar-refractivity contribution in [1.82, 2.24) is 9.97 Å². The molecule has 0 amide bonds. The van der Waals surface area contributed by atoms with Crippen molar-refractivity contribution in [2.75, 3.05) is 12.9 Å². The third-order valence-corrected chi connectivity index (χ3v) is 3.80. The van der Waals surface area contributed by atoms with Crippen LogP contribution in [0.2, 0.25) is 0 Å². The molecule has 0 radical (unpaired) electrons. The highest BCUT2D eigenvalue weighted by Gasteiger charge is 2.01. The zero-order valence-electron chi connectivity index (χ0n) is 11.7. The van der Waals surface area contributed by atoms with E-state index in [1.54, 1.807) is 24.9 Å². The smallest absolute Gasteiger partial charge is 0.251 e. The fraction of sp³-hybridized carbons (Fsp3) is 0.333. The Bertz CT molecular complexity index is 608. The van der Waals surface area contributed by atoms with Crippen molar-refractivity contribution >= 4 is 11.8 Å². The minimum atomic E-state index is -0.0798. The van der Waals surface area contributed by atoms with Crippen LogP contribution in [-0.4, -0.2) is 22.8 Å². The zero-order valence-corrected chi connectivity index (χ0v) is 12.5. The molecule has 2 aromatic rings. The lowest BCUT2D eigenvalue weighted by Crippen LogP contribution is -2.09. The third kappa shape index (κ3) is 4.13. The number of ether oxygens (including phenoxy) is 1. The third-order valence-electron chi connectivity index (χ3n) is 2.92. The molecule has 1 aromatic carbocycles. The number of aryl methyl sites for hydroxylation is 2. The molecular formula is C15H18N2O2S. The van der Waals surface area contributed by atoms with Crippen molar-refractivity contribution in [1.29, 1.82) is 0 Å². The van der Waals surface area contributed by atoms with Crippen molar-refractivity contribution in [3.05, 3.63) is 51.9 Å². The van der Waals surface area contributed by atoms with Gasteiger partial charge in [-0.3, -0.25) is 4.79 Å². The molecule has 0 aliphatic rings. The summed E-state index contributed by atoms with van der Waals surface area (Å²) in [7, 11) is 1.66. The number of rotatable bonds is 6. The van der Waals surface area contributed by atoms with Gasteiger partial charge in [0.2, 0.25) is 0 Å². The number of nitrogens with zero attached hydrogens (tertiary/aromatic N) is 1.